The minimum Gasteiger partial charge on any atom is -0.316 e. The first-order valence-electron chi connectivity index (χ1n) is 7.31. The van der Waals surface area contributed by atoms with E-state index in [1.807, 2.05) is 26.0 Å². The second-order valence-corrected chi connectivity index (χ2v) is 4.97. The predicted molar refractivity (Wildman–Crippen MR) is 83.8 cm³/mol. The van der Waals surface area contributed by atoms with Gasteiger partial charge in [-0.15, -0.1) is 6.58 Å². The van der Waals surface area contributed by atoms with Crippen molar-refractivity contribution in [3.05, 3.63) is 37.5 Å². The average molecular weight is 249 g/mol. The Bertz CT molecular complexity index is 204. The van der Waals surface area contributed by atoms with Gasteiger partial charge in [-0.05, 0) is 51.6 Å². The molecule has 0 aromatic heterocycles. The van der Waals surface area contributed by atoms with Crippen LogP contribution in [0.25, 0.3) is 0 Å². The molecule has 1 aliphatic carbocycles. The molecule has 0 amide bonds. The second kappa shape index (κ2) is 12.6. The van der Waals surface area contributed by atoms with E-state index in [4.69, 9.17) is 0 Å². The summed E-state index contributed by atoms with van der Waals surface area (Å²) in [7, 11) is 0. The van der Waals surface area contributed by atoms with Crippen molar-refractivity contribution in [2.24, 2.45) is 11.8 Å². The van der Waals surface area contributed by atoms with Crippen molar-refractivity contribution in [1.82, 2.24) is 5.32 Å². The van der Waals surface area contributed by atoms with Crippen molar-refractivity contribution in [1.29, 1.82) is 0 Å². The van der Waals surface area contributed by atoms with Gasteiger partial charge in [0.25, 0.3) is 0 Å². The fourth-order valence-electron chi connectivity index (χ4n) is 2.64. The van der Waals surface area contributed by atoms with Crippen molar-refractivity contribution in [3.63, 3.8) is 0 Å². The van der Waals surface area contributed by atoms with E-state index >= 15 is 0 Å². The zero-order valence-corrected chi connectivity index (χ0v) is 12.3. The molecule has 2 unspecified atom stereocenters. The molecular weight excluding hydrogens is 218 g/mol. The van der Waals surface area contributed by atoms with Gasteiger partial charge in [-0.25, -0.2) is 0 Å². The third-order valence-corrected chi connectivity index (χ3v) is 3.49. The molecule has 1 N–H and O–H groups in total. The second-order valence-electron chi connectivity index (χ2n) is 4.97. The van der Waals surface area contributed by atoms with E-state index in [9.17, 15) is 0 Å². The molecule has 1 heteroatoms. The Labute approximate surface area is 114 Å². The third-order valence-electron chi connectivity index (χ3n) is 3.49. The molecule has 1 aliphatic heterocycles. The van der Waals surface area contributed by atoms with Crippen molar-refractivity contribution < 1.29 is 0 Å². The summed E-state index contributed by atoms with van der Waals surface area (Å²) >= 11 is 0. The molecule has 2 atom stereocenters. The van der Waals surface area contributed by atoms with Gasteiger partial charge in [-0.1, -0.05) is 50.1 Å². The summed E-state index contributed by atoms with van der Waals surface area (Å²) in [5, 5.41) is 3.48. The van der Waals surface area contributed by atoms with Crippen molar-refractivity contribution in [2.75, 3.05) is 13.1 Å². The smallest absolute Gasteiger partial charge is 0.00179 e. The van der Waals surface area contributed by atoms with Gasteiger partial charge in [0.15, 0.2) is 0 Å². The Morgan fingerprint density at radius 2 is 1.61 bits per heavy atom. The van der Waals surface area contributed by atoms with Crippen molar-refractivity contribution in [3.8, 4) is 0 Å². The Kier molecular flexibility index (Phi) is 12.1. The Balaban J connectivity index is 0.000000309. The van der Waals surface area contributed by atoms with Gasteiger partial charge in [0.2, 0.25) is 0 Å². The normalized spacial score (nSPS) is 25.9. The van der Waals surface area contributed by atoms with Gasteiger partial charge in [0.1, 0.15) is 0 Å². The van der Waals surface area contributed by atoms with E-state index in [0.717, 1.165) is 11.8 Å². The lowest BCUT2D eigenvalue weighted by atomic mass is 9.76. The van der Waals surface area contributed by atoms with Gasteiger partial charge < -0.3 is 5.32 Å². The maximum Gasteiger partial charge on any atom is -0.00179 e. The largest absolute Gasteiger partial charge is 0.316 e. The van der Waals surface area contributed by atoms with Crippen LogP contribution in [-0.2, 0) is 0 Å². The first-order chi connectivity index (χ1) is 8.79. The minimum atomic E-state index is 1.04. The highest BCUT2D eigenvalue weighted by Crippen LogP contribution is 2.33. The van der Waals surface area contributed by atoms with Gasteiger partial charge in [-0.3, -0.25) is 0 Å². The maximum absolute atomic E-state index is 3.48. The van der Waals surface area contributed by atoms with Gasteiger partial charge in [0.05, 0.1) is 0 Å². The van der Waals surface area contributed by atoms with Crippen LogP contribution < -0.4 is 5.32 Å². The highest BCUT2D eigenvalue weighted by Gasteiger charge is 2.26. The number of fused-ring (bicyclic) bond motifs is 1. The summed E-state index contributed by atoms with van der Waals surface area (Å²) in [5.74, 6) is 2.14. The SMILES string of the molecule is C1CCC2CNCCC2C1.C=C/C=C\C.C=CC. The lowest BCUT2D eigenvalue weighted by Gasteiger charge is -2.35. The van der Waals surface area contributed by atoms with Crippen LogP contribution in [0, 0.1) is 11.8 Å². The molecule has 2 fully saturated rings. The Morgan fingerprint density at radius 3 is 2.06 bits per heavy atom. The molecule has 0 aromatic rings. The standard InChI is InChI=1S/C9H17N.C5H8.C3H6/c1-2-4-9-7-10-6-5-8(9)3-1;1-3-5-4-2;1-3-2/h8-10H,1-7H2;3-5H,1H2,2H3;3H,1H2,2H3/b;5-4-;. The van der Waals surface area contributed by atoms with Crippen LogP contribution in [0.1, 0.15) is 46.0 Å². The van der Waals surface area contributed by atoms with Gasteiger partial charge >= 0.3 is 0 Å². The molecule has 1 saturated carbocycles. The summed E-state index contributed by atoms with van der Waals surface area (Å²) in [6.07, 6.45) is 14.8. The molecule has 2 rings (SSSR count). The number of rotatable bonds is 1. The summed E-state index contributed by atoms with van der Waals surface area (Å²) in [6.45, 7) is 13.3. The molecule has 1 heterocycles. The molecule has 0 aromatic carbocycles. The van der Waals surface area contributed by atoms with Crippen LogP contribution in [0.2, 0.25) is 0 Å². The van der Waals surface area contributed by atoms with E-state index in [0.29, 0.717) is 0 Å². The molecule has 0 spiro atoms. The Morgan fingerprint density at radius 1 is 1.00 bits per heavy atom. The van der Waals surface area contributed by atoms with Crippen LogP contribution in [0.5, 0.6) is 0 Å². The van der Waals surface area contributed by atoms with E-state index < -0.39 is 0 Å². The van der Waals surface area contributed by atoms with Crippen LogP contribution in [0.15, 0.2) is 37.5 Å². The Hall–Kier alpha value is -0.820. The lowest BCUT2D eigenvalue weighted by Crippen LogP contribution is -2.38. The van der Waals surface area contributed by atoms with Gasteiger partial charge in [-0.2, -0.15) is 0 Å². The van der Waals surface area contributed by atoms with E-state index in [2.05, 4.69) is 18.5 Å². The number of hydrogen-bond donors (Lipinski definition) is 1. The first kappa shape index (κ1) is 17.2. The van der Waals surface area contributed by atoms with Crippen LogP contribution in [0.4, 0.5) is 0 Å². The van der Waals surface area contributed by atoms with E-state index in [-0.39, 0.29) is 0 Å². The highest BCUT2D eigenvalue weighted by atomic mass is 14.9. The molecule has 2 aliphatic rings. The molecule has 0 radical (unpaired) electrons. The van der Waals surface area contributed by atoms with Gasteiger partial charge in [0, 0.05) is 0 Å². The monoisotopic (exact) mass is 249 g/mol. The first-order valence-corrected chi connectivity index (χ1v) is 7.31. The number of allylic oxidation sites excluding steroid dienone is 4. The topological polar surface area (TPSA) is 12.0 Å². The predicted octanol–water partition coefficient (Wildman–Crippen LogP) is 4.73. The van der Waals surface area contributed by atoms with Crippen LogP contribution in [0.3, 0.4) is 0 Å². The number of nitrogens with one attached hydrogen (secondary N) is 1. The fourth-order valence-corrected chi connectivity index (χ4v) is 2.64. The number of piperidine rings is 1. The summed E-state index contributed by atoms with van der Waals surface area (Å²) < 4.78 is 0. The molecule has 18 heavy (non-hydrogen) atoms. The quantitative estimate of drug-likeness (QED) is 0.523. The third kappa shape index (κ3) is 8.30. The summed E-state index contributed by atoms with van der Waals surface area (Å²) in [5.41, 5.74) is 0. The average Bonchev–Trinajstić information content (AvgIpc) is 2.41. The van der Waals surface area contributed by atoms with E-state index in [1.54, 1.807) is 12.2 Å². The zero-order valence-electron chi connectivity index (χ0n) is 12.3. The molecular formula is C17H31N. The van der Waals surface area contributed by atoms with Crippen molar-refractivity contribution in [2.45, 2.75) is 46.0 Å². The maximum atomic E-state index is 3.48. The minimum absolute atomic E-state index is 1.04. The summed E-state index contributed by atoms with van der Waals surface area (Å²) in [6, 6.07) is 0. The molecule has 1 nitrogen and oxygen atoms in total. The fraction of sp³-hybridized carbons (Fsp3) is 0.647. The highest BCUT2D eigenvalue weighted by molar-refractivity contribution is 4.94. The van der Waals surface area contributed by atoms with E-state index in [1.165, 1.54) is 45.2 Å². The van der Waals surface area contributed by atoms with Crippen LogP contribution >= 0.6 is 0 Å². The van der Waals surface area contributed by atoms with Crippen LogP contribution in [-0.4, -0.2) is 13.1 Å². The lowest BCUT2D eigenvalue weighted by molar-refractivity contribution is 0.185. The number of hydrogen-bond acceptors (Lipinski definition) is 1. The summed E-state index contributed by atoms with van der Waals surface area (Å²) in [4.78, 5) is 0. The molecule has 1 saturated heterocycles. The molecule has 104 valence electrons. The molecule has 0 bridgehead atoms. The van der Waals surface area contributed by atoms with Crippen molar-refractivity contribution >= 4 is 0 Å². The zero-order chi connectivity index (χ0) is 13.6.